The number of para-hydroxylation sites is 2. The molecule has 1 aliphatic heterocycles. The van der Waals surface area contributed by atoms with Crippen molar-refractivity contribution in [2.75, 3.05) is 16.8 Å². The van der Waals surface area contributed by atoms with Crippen LogP contribution in [0.2, 0.25) is 0 Å². The van der Waals surface area contributed by atoms with Crippen molar-refractivity contribution >= 4 is 23.2 Å². The van der Waals surface area contributed by atoms with Crippen LogP contribution in [0, 0.1) is 11.3 Å². The fourth-order valence-electron chi connectivity index (χ4n) is 4.04. The van der Waals surface area contributed by atoms with Gasteiger partial charge in [0.25, 0.3) is 5.91 Å². The van der Waals surface area contributed by atoms with E-state index in [-0.39, 0.29) is 29.1 Å². The molecule has 1 aromatic rings. The third kappa shape index (κ3) is 4.06. The molecular formula is C20H19F5N4O2. The van der Waals surface area contributed by atoms with Crippen LogP contribution in [-0.4, -0.2) is 42.5 Å². The lowest BCUT2D eigenvalue weighted by atomic mass is 9.93. The molecule has 3 rings (SSSR count). The molecule has 0 unspecified atom stereocenters. The van der Waals surface area contributed by atoms with Crippen LogP contribution < -0.4 is 9.80 Å². The number of hydrogen-bond acceptors (Lipinski definition) is 5. The first-order valence-electron chi connectivity index (χ1n) is 9.58. The summed E-state index contributed by atoms with van der Waals surface area (Å²) in [4.78, 5) is 26.8. The number of imide groups is 1. The number of carbonyl (C=O) groups is 2. The summed E-state index contributed by atoms with van der Waals surface area (Å²) in [6.45, 7) is -3.18. The van der Waals surface area contributed by atoms with Gasteiger partial charge in [0.05, 0.1) is 11.4 Å². The predicted octanol–water partition coefficient (Wildman–Crippen LogP) is 4.15. The van der Waals surface area contributed by atoms with E-state index in [4.69, 9.17) is 0 Å². The lowest BCUT2D eigenvalue weighted by molar-refractivity contribution is -0.189. The third-order valence-corrected chi connectivity index (χ3v) is 5.41. The second kappa shape index (κ2) is 8.53. The molecule has 31 heavy (non-hydrogen) atoms. The molecular weight excluding hydrogens is 423 g/mol. The summed E-state index contributed by atoms with van der Waals surface area (Å²) in [5, 5.41) is 9.64. The molecule has 0 atom stereocenters. The first-order valence-corrected chi connectivity index (χ1v) is 9.58. The van der Waals surface area contributed by atoms with Crippen molar-refractivity contribution in [3.8, 4) is 6.07 Å². The van der Waals surface area contributed by atoms with Gasteiger partial charge in [-0.3, -0.25) is 19.4 Å². The highest BCUT2D eigenvalue weighted by atomic mass is 19.4. The third-order valence-electron chi connectivity index (χ3n) is 5.41. The number of halogens is 5. The Hall–Kier alpha value is -3.16. The second-order valence-corrected chi connectivity index (χ2v) is 7.28. The van der Waals surface area contributed by atoms with E-state index in [0.717, 1.165) is 11.3 Å². The number of hydrogen-bond donors (Lipinski definition) is 0. The lowest BCUT2D eigenvalue weighted by Gasteiger charge is -2.33. The Morgan fingerprint density at radius 3 is 2.23 bits per heavy atom. The van der Waals surface area contributed by atoms with Crippen molar-refractivity contribution < 1.29 is 31.5 Å². The molecule has 1 aliphatic carbocycles. The van der Waals surface area contributed by atoms with Crippen LogP contribution in [0.25, 0.3) is 0 Å². The van der Waals surface area contributed by atoms with Gasteiger partial charge in [0, 0.05) is 13.1 Å². The van der Waals surface area contributed by atoms with Crippen molar-refractivity contribution in [1.82, 2.24) is 4.90 Å². The molecule has 0 saturated heterocycles. The molecule has 1 aromatic carbocycles. The molecule has 0 spiro atoms. The minimum absolute atomic E-state index is 0.0121. The number of nitriles is 1. The van der Waals surface area contributed by atoms with Crippen LogP contribution in [0.5, 0.6) is 0 Å². The topological polar surface area (TPSA) is 67.6 Å². The van der Waals surface area contributed by atoms with Crippen LogP contribution in [0.4, 0.5) is 33.3 Å². The van der Waals surface area contributed by atoms with E-state index in [9.17, 15) is 36.8 Å². The Morgan fingerprint density at radius 1 is 1.13 bits per heavy atom. The van der Waals surface area contributed by atoms with E-state index in [1.54, 1.807) is 6.07 Å². The molecule has 0 bridgehead atoms. The summed E-state index contributed by atoms with van der Waals surface area (Å²) >= 11 is 0. The van der Waals surface area contributed by atoms with Gasteiger partial charge in [0.15, 0.2) is 5.57 Å². The number of nitrogens with zero attached hydrogens (tertiary/aromatic N) is 4. The van der Waals surface area contributed by atoms with Gasteiger partial charge in [-0.25, -0.2) is 0 Å². The zero-order valence-corrected chi connectivity index (χ0v) is 16.5. The molecule has 6 nitrogen and oxygen atoms in total. The summed E-state index contributed by atoms with van der Waals surface area (Å²) in [7, 11) is 1.32. The van der Waals surface area contributed by atoms with E-state index >= 15 is 0 Å². The van der Waals surface area contributed by atoms with E-state index in [2.05, 4.69) is 0 Å². The molecule has 0 N–H and O–H groups in total. The number of benzene rings is 1. The summed E-state index contributed by atoms with van der Waals surface area (Å²) in [5.41, 5.74) is -0.728. The number of alkyl halides is 5. The normalized spacial score (nSPS) is 18.6. The molecule has 166 valence electrons. The maximum Gasteiger partial charge on any atom is 0.471 e. The van der Waals surface area contributed by atoms with Crippen molar-refractivity contribution in [2.45, 2.75) is 50.9 Å². The van der Waals surface area contributed by atoms with E-state index < -0.39 is 42.0 Å². The number of anilines is 2. The monoisotopic (exact) mass is 442 g/mol. The molecule has 2 amide bonds. The van der Waals surface area contributed by atoms with Gasteiger partial charge in [0.2, 0.25) is 0 Å². The van der Waals surface area contributed by atoms with E-state index in [1.807, 2.05) is 0 Å². The maximum atomic E-state index is 13.9. The standard InChI is InChI=1S/C20H19F5N4O2/c1-27-14-9-5-6-10-15(14)29(19(21)22)16(27)13(11-26)17(30)28(18(31)20(23,24)25)12-7-3-2-4-8-12/h5-6,9-10,12,19H,2-4,7-8H2,1H3. The van der Waals surface area contributed by atoms with Crippen molar-refractivity contribution in [3.05, 3.63) is 35.7 Å². The summed E-state index contributed by atoms with van der Waals surface area (Å²) in [6.07, 6.45) is -3.31. The quantitative estimate of drug-likeness (QED) is 0.305. The zero-order valence-electron chi connectivity index (χ0n) is 16.5. The summed E-state index contributed by atoms with van der Waals surface area (Å²) in [6, 6.07) is 6.24. The van der Waals surface area contributed by atoms with Gasteiger partial charge < -0.3 is 4.90 Å². The largest absolute Gasteiger partial charge is 0.471 e. The Balaban J connectivity index is 2.14. The van der Waals surface area contributed by atoms with Crippen molar-refractivity contribution in [2.24, 2.45) is 0 Å². The van der Waals surface area contributed by atoms with Gasteiger partial charge in [-0.05, 0) is 25.0 Å². The fraction of sp³-hybridized carbons (Fsp3) is 0.450. The number of amides is 2. The Bertz CT molecular complexity index is 948. The minimum atomic E-state index is -5.36. The Morgan fingerprint density at radius 2 is 1.71 bits per heavy atom. The summed E-state index contributed by atoms with van der Waals surface area (Å²) in [5.74, 6) is -4.50. The van der Waals surface area contributed by atoms with Crippen LogP contribution in [-0.2, 0) is 9.59 Å². The van der Waals surface area contributed by atoms with Gasteiger partial charge in [-0.15, -0.1) is 0 Å². The van der Waals surface area contributed by atoms with Gasteiger partial charge >= 0.3 is 18.6 Å². The van der Waals surface area contributed by atoms with Crippen LogP contribution in [0.1, 0.15) is 32.1 Å². The van der Waals surface area contributed by atoms with E-state index in [1.165, 1.54) is 31.3 Å². The molecule has 0 radical (unpaired) electrons. The number of rotatable bonds is 3. The smallest absolute Gasteiger partial charge is 0.328 e. The highest BCUT2D eigenvalue weighted by Crippen LogP contribution is 2.43. The van der Waals surface area contributed by atoms with Crippen LogP contribution in [0.3, 0.4) is 0 Å². The van der Waals surface area contributed by atoms with E-state index in [0.29, 0.717) is 17.7 Å². The molecule has 1 fully saturated rings. The highest BCUT2D eigenvalue weighted by molar-refractivity contribution is 6.10. The highest BCUT2D eigenvalue weighted by Gasteiger charge is 2.49. The SMILES string of the molecule is CN1C(=C(C#N)C(=O)N(C(=O)C(F)(F)F)C2CCCCC2)N(C(F)F)c2ccccc21. The number of fused-ring (bicyclic) bond motifs is 1. The van der Waals surface area contributed by atoms with Crippen LogP contribution in [0.15, 0.2) is 35.7 Å². The maximum absolute atomic E-state index is 13.9. The molecule has 1 heterocycles. The number of carbonyl (C=O) groups excluding carboxylic acids is 2. The van der Waals surface area contributed by atoms with Crippen molar-refractivity contribution in [3.63, 3.8) is 0 Å². The average Bonchev–Trinajstić information content (AvgIpc) is 3.02. The first kappa shape index (κ1) is 22.5. The predicted molar refractivity (Wildman–Crippen MR) is 101 cm³/mol. The first-order chi connectivity index (χ1) is 14.6. The molecule has 0 aromatic heterocycles. The summed E-state index contributed by atoms with van der Waals surface area (Å²) < 4.78 is 67.6. The van der Waals surface area contributed by atoms with Crippen molar-refractivity contribution in [1.29, 1.82) is 5.26 Å². The van der Waals surface area contributed by atoms with Gasteiger partial charge in [-0.2, -0.15) is 27.2 Å². The fourth-order valence-corrected chi connectivity index (χ4v) is 4.04. The Labute approximate surface area is 175 Å². The lowest BCUT2D eigenvalue weighted by Crippen LogP contribution is -2.52. The Kier molecular flexibility index (Phi) is 6.20. The molecule has 2 aliphatic rings. The van der Waals surface area contributed by atoms with Gasteiger partial charge in [0.1, 0.15) is 11.9 Å². The van der Waals surface area contributed by atoms with Crippen LogP contribution >= 0.6 is 0 Å². The average molecular weight is 442 g/mol. The second-order valence-electron chi connectivity index (χ2n) is 7.28. The molecule has 1 saturated carbocycles. The zero-order chi connectivity index (χ0) is 22.9. The van der Waals surface area contributed by atoms with Gasteiger partial charge in [-0.1, -0.05) is 31.4 Å². The molecule has 11 heteroatoms. The minimum Gasteiger partial charge on any atom is -0.328 e.